The van der Waals surface area contributed by atoms with Crippen LogP contribution in [0.3, 0.4) is 0 Å². The number of nitrogens with zero attached hydrogens (tertiary/aromatic N) is 1. The quantitative estimate of drug-likeness (QED) is 0.831. The summed E-state index contributed by atoms with van der Waals surface area (Å²) in [5.74, 6) is 0. The third kappa shape index (κ3) is 3.98. The maximum Gasteiger partial charge on any atom is 0.0639 e. The van der Waals surface area contributed by atoms with E-state index in [-0.39, 0.29) is 5.60 Å². The summed E-state index contributed by atoms with van der Waals surface area (Å²) in [6, 6.07) is 7.38. The molecule has 0 saturated carbocycles. The number of rotatable bonds is 7. The van der Waals surface area contributed by atoms with Crippen LogP contribution in [0.15, 0.2) is 18.2 Å². The van der Waals surface area contributed by atoms with E-state index in [1.807, 2.05) is 0 Å². The standard InChI is InChI=1S/C18H30N2O/c1-6-19-14(2)15-7-8-17-16(13-15)9-11-20(17)12-10-18(3,4)21-5/h7-8,13-14,19H,6,9-12H2,1-5H3. The number of hydrogen-bond donors (Lipinski definition) is 1. The summed E-state index contributed by atoms with van der Waals surface area (Å²) in [7, 11) is 1.80. The molecule has 2 rings (SSSR count). The third-order valence-corrected chi connectivity index (χ3v) is 4.64. The lowest BCUT2D eigenvalue weighted by Crippen LogP contribution is -2.31. The summed E-state index contributed by atoms with van der Waals surface area (Å²) < 4.78 is 5.53. The van der Waals surface area contributed by atoms with Gasteiger partial charge in [0, 0.05) is 31.9 Å². The second-order valence-corrected chi connectivity index (χ2v) is 6.62. The molecule has 1 aromatic rings. The van der Waals surface area contributed by atoms with Crippen molar-refractivity contribution in [3.8, 4) is 0 Å². The molecule has 0 amide bonds. The summed E-state index contributed by atoms with van der Waals surface area (Å²) in [4.78, 5) is 2.50. The lowest BCUT2D eigenvalue weighted by Gasteiger charge is -2.27. The zero-order valence-electron chi connectivity index (χ0n) is 14.2. The minimum Gasteiger partial charge on any atom is -0.379 e. The summed E-state index contributed by atoms with van der Waals surface area (Å²) in [5, 5.41) is 3.49. The number of anilines is 1. The van der Waals surface area contributed by atoms with Gasteiger partial charge < -0.3 is 15.0 Å². The molecule has 1 unspecified atom stereocenters. The van der Waals surface area contributed by atoms with Crippen LogP contribution in [0.1, 0.15) is 51.3 Å². The van der Waals surface area contributed by atoms with E-state index in [1.165, 1.54) is 16.8 Å². The van der Waals surface area contributed by atoms with Gasteiger partial charge in [-0.25, -0.2) is 0 Å². The number of methoxy groups -OCH3 is 1. The molecule has 0 spiro atoms. The number of nitrogens with one attached hydrogen (secondary N) is 1. The highest BCUT2D eigenvalue weighted by atomic mass is 16.5. The number of fused-ring (bicyclic) bond motifs is 1. The highest BCUT2D eigenvalue weighted by Gasteiger charge is 2.23. The van der Waals surface area contributed by atoms with E-state index >= 15 is 0 Å². The summed E-state index contributed by atoms with van der Waals surface area (Å²) in [6.07, 6.45) is 2.22. The molecule has 3 heteroatoms. The van der Waals surface area contributed by atoms with Gasteiger partial charge in [-0.2, -0.15) is 0 Å². The topological polar surface area (TPSA) is 24.5 Å². The van der Waals surface area contributed by atoms with Crippen molar-refractivity contribution in [3.63, 3.8) is 0 Å². The van der Waals surface area contributed by atoms with E-state index in [1.54, 1.807) is 7.11 Å². The summed E-state index contributed by atoms with van der Waals surface area (Å²) in [5.41, 5.74) is 4.26. The van der Waals surface area contributed by atoms with Crippen molar-refractivity contribution in [1.29, 1.82) is 0 Å². The zero-order valence-corrected chi connectivity index (χ0v) is 14.2. The highest BCUT2D eigenvalue weighted by molar-refractivity contribution is 5.59. The fourth-order valence-electron chi connectivity index (χ4n) is 2.92. The van der Waals surface area contributed by atoms with Crippen molar-refractivity contribution >= 4 is 5.69 Å². The Morgan fingerprint density at radius 2 is 2.14 bits per heavy atom. The Bertz CT molecular complexity index is 470. The monoisotopic (exact) mass is 290 g/mol. The Morgan fingerprint density at radius 3 is 2.81 bits per heavy atom. The molecule has 1 N–H and O–H groups in total. The van der Waals surface area contributed by atoms with Crippen molar-refractivity contribution in [1.82, 2.24) is 5.32 Å². The van der Waals surface area contributed by atoms with Crippen LogP contribution in [0.4, 0.5) is 5.69 Å². The van der Waals surface area contributed by atoms with Gasteiger partial charge in [0.05, 0.1) is 5.60 Å². The van der Waals surface area contributed by atoms with Crippen molar-refractivity contribution in [2.75, 3.05) is 31.6 Å². The molecular weight excluding hydrogens is 260 g/mol. The Balaban J connectivity index is 2.04. The van der Waals surface area contributed by atoms with Crippen LogP contribution >= 0.6 is 0 Å². The predicted octanol–water partition coefficient (Wildman–Crippen LogP) is 3.53. The van der Waals surface area contributed by atoms with E-state index in [2.05, 4.69) is 56.1 Å². The summed E-state index contributed by atoms with van der Waals surface area (Å²) >= 11 is 0. The van der Waals surface area contributed by atoms with Crippen LogP contribution in [-0.2, 0) is 11.2 Å². The number of ether oxygens (including phenoxy) is 1. The molecule has 1 aliphatic heterocycles. The molecule has 1 aromatic carbocycles. The van der Waals surface area contributed by atoms with E-state index in [0.29, 0.717) is 6.04 Å². The first kappa shape index (κ1) is 16.3. The molecule has 1 aliphatic rings. The van der Waals surface area contributed by atoms with Crippen LogP contribution in [0.25, 0.3) is 0 Å². The van der Waals surface area contributed by atoms with E-state index in [4.69, 9.17) is 4.74 Å². The van der Waals surface area contributed by atoms with Crippen LogP contribution in [-0.4, -0.2) is 32.3 Å². The van der Waals surface area contributed by atoms with Gasteiger partial charge in [-0.3, -0.25) is 0 Å². The molecule has 21 heavy (non-hydrogen) atoms. The smallest absolute Gasteiger partial charge is 0.0639 e. The van der Waals surface area contributed by atoms with Crippen LogP contribution in [0, 0.1) is 0 Å². The molecule has 3 nitrogen and oxygen atoms in total. The van der Waals surface area contributed by atoms with Gasteiger partial charge >= 0.3 is 0 Å². The molecule has 1 atom stereocenters. The Hall–Kier alpha value is -1.06. The van der Waals surface area contributed by atoms with Gasteiger partial charge in [-0.15, -0.1) is 0 Å². The first-order valence-corrected chi connectivity index (χ1v) is 8.13. The molecule has 0 aliphatic carbocycles. The Morgan fingerprint density at radius 1 is 1.38 bits per heavy atom. The number of benzene rings is 1. The van der Waals surface area contributed by atoms with Crippen molar-refractivity contribution in [2.45, 2.75) is 52.2 Å². The van der Waals surface area contributed by atoms with Gasteiger partial charge in [0.15, 0.2) is 0 Å². The van der Waals surface area contributed by atoms with Crippen LogP contribution in [0.5, 0.6) is 0 Å². The van der Waals surface area contributed by atoms with Crippen LogP contribution in [0.2, 0.25) is 0 Å². The average molecular weight is 290 g/mol. The van der Waals surface area contributed by atoms with Crippen LogP contribution < -0.4 is 10.2 Å². The molecule has 0 radical (unpaired) electrons. The fourth-order valence-corrected chi connectivity index (χ4v) is 2.92. The van der Waals surface area contributed by atoms with Gasteiger partial charge in [-0.05, 0) is 57.4 Å². The first-order chi connectivity index (χ1) is 9.96. The second kappa shape index (κ2) is 6.80. The maximum atomic E-state index is 5.53. The fraction of sp³-hybridized carbons (Fsp3) is 0.667. The zero-order chi connectivity index (χ0) is 15.5. The van der Waals surface area contributed by atoms with Crippen molar-refractivity contribution in [3.05, 3.63) is 29.3 Å². The lowest BCUT2D eigenvalue weighted by molar-refractivity contribution is 0.0173. The summed E-state index contributed by atoms with van der Waals surface area (Å²) in [6.45, 7) is 11.9. The van der Waals surface area contributed by atoms with Gasteiger partial charge in [0.25, 0.3) is 0 Å². The average Bonchev–Trinajstić information content (AvgIpc) is 2.88. The third-order valence-electron chi connectivity index (χ3n) is 4.64. The normalized spacial score (nSPS) is 16.1. The molecule has 0 saturated heterocycles. The molecule has 0 aromatic heterocycles. The number of hydrogen-bond acceptors (Lipinski definition) is 3. The van der Waals surface area contributed by atoms with Crippen molar-refractivity contribution in [2.24, 2.45) is 0 Å². The molecular formula is C18H30N2O. The van der Waals surface area contributed by atoms with Crippen molar-refractivity contribution < 1.29 is 4.74 Å². The molecule has 0 bridgehead atoms. The van der Waals surface area contributed by atoms with E-state index in [0.717, 1.165) is 32.5 Å². The molecule has 1 heterocycles. The molecule has 0 fully saturated rings. The van der Waals surface area contributed by atoms with E-state index < -0.39 is 0 Å². The minimum atomic E-state index is -0.0394. The SMILES string of the molecule is CCNC(C)c1ccc2c(c1)CCN2CCC(C)(C)OC. The second-order valence-electron chi connectivity index (χ2n) is 6.62. The largest absolute Gasteiger partial charge is 0.379 e. The lowest BCUT2D eigenvalue weighted by atomic mass is 10.0. The van der Waals surface area contributed by atoms with Gasteiger partial charge in [0.2, 0.25) is 0 Å². The van der Waals surface area contributed by atoms with Gasteiger partial charge in [0.1, 0.15) is 0 Å². The van der Waals surface area contributed by atoms with E-state index in [9.17, 15) is 0 Å². The first-order valence-electron chi connectivity index (χ1n) is 8.13. The molecule has 118 valence electrons. The highest BCUT2D eigenvalue weighted by Crippen LogP contribution is 2.31. The maximum absolute atomic E-state index is 5.53. The Labute approximate surface area is 129 Å². The predicted molar refractivity (Wildman–Crippen MR) is 90.2 cm³/mol. The minimum absolute atomic E-state index is 0.0394. The Kier molecular flexibility index (Phi) is 5.28. The van der Waals surface area contributed by atoms with Gasteiger partial charge in [-0.1, -0.05) is 19.1 Å².